The zero-order chi connectivity index (χ0) is 26.4. The molecule has 0 unspecified atom stereocenters. The Morgan fingerprint density at radius 1 is 1.22 bits per heavy atom. The summed E-state index contributed by atoms with van der Waals surface area (Å²) >= 11 is 12.8. The summed E-state index contributed by atoms with van der Waals surface area (Å²) in [5, 5.41) is 7.45. The Bertz CT molecular complexity index is 1390. The van der Waals surface area contributed by atoms with Gasteiger partial charge in [-0.2, -0.15) is 5.10 Å². The molecule has 0 radical (unpaired) electrons. The molecular formula is C25H22Cl2F2N4O4. The Hall–Kier alpha value is -3.37. The second-order valence-electron chi connectivity index (χ2n) is 8.90. The molecule has 2 atom stereocenters. The maximum absolute atomic E-state index is 13.9. The first-order valence-corrected chi connectivity index (χ1v) is 12.3. The fourth-order valence-electron chi connectivity index (χ4n) is 4.76. The van der Waals surface area contributed by atoms with Gasteiger partial charge < -0.3 is 19.7 Å². The number of fused-ring (bicyclic) bond motifs is 1. The van der Waals surface area contributed by atoms with Crippen LogP contribution in [0.4, 0.5) is 13.6 Å². The Kier molecular flexibility index (Phi) is 6.72. The lowest BCUT2D eigenvalue weighted by atomic mass is 9.95. The number of nitrogens with one attached hydrogen (secondary N) is 1. The van der Waals surface area contributed by atoms with Crippen LogP contribution in [0.25, 0.3) is 11.3 Å². The highest BCUT2D eigenvalue weighted by Crippen LogP contribution is 2.39. The van der Waals surface area contributed by atoms with Crippen LogP contribution in [0.2, 0.25) is 10.0 Å². The number of halogens is 4. The molecule has 5 rings (SSSR count). The Morgan fingerprint density at radius 3 is 2.62 bits per heavy atom. The van der Waals surface area contributed by atoms with Gasteiger partial charge in [0, 0.05) is 41.9 Å². The maximum Gasteiger partial charge on any atom is 0.407 e. The van der Waals surface area contributed by atoms with Crippen molar-refractivity contribution in [1.29, 1.82) is 0 Å². The summed E-state index contributed by atoms with van der Waals surface area (Å²) in [6.45, 7) is 2.49. The van der Waals surface area contributed by atoms with Crippen LogP contribution < -0.4 is 10.1 Å². The van der Waals surface area contributed by atoms with E-state index in [9.17, 15) is 18.4 Å². The Balaban J connectivity index is 1.41. The maximum atomic E-state index is 13.9. The summed E-state index contributed by atoms with van der Waals surface area (Å²) in [6.07, 6.45) is -0.596. The molecule has 0 aliphatic carbocycles. The van der Waals surface area contributed by atoms with E-state index in [-0.39, 0.29) is 33.9 Å². The molecule has 8 nitrogen and oxygen atoms in total. The number of rotatable bonds is 5. The van der Waals surface area contributed by atoms with Crippen molar-refractivity contribution < 1.29 is 27.8 Å². The number of amides is 2. The highest BCUT2D eigenvalue weighted by Gasteiger charge is 2.35. The zero-order valence-corrected chi connectivity index (χ0v) is 21.4. The van der Waals surface area contributed by atoms with Gasteiger partial charge in [-0.15, -0.1) is 0 Å². The molecule has 0 spiro atoms. The predicted molar refractivity (Wildman–Crippen MR) is 132 cm³/mol. The molecule has 2 aliphatic heterocycles. The van der Waals surface area contributed by atoms with Crippen molar-refractivity contribution in [3.8, 4) is 17.0 Å². The van der Waals surface area contributed by atoms with E-state index in [4.69, 9.17) is 32.7 Å². The van der Waals surface area contributed by atoms with E-state index in [0.717, 1.165) is 11.6 Å². The molecule has 1 aromatic heterocycles. The highest BCUT2D eigenvalue weighted by atomic mass is 35.5. The molecule has 194 valence electrons. The number of carbonyl (C=O) groups is 2. The summed E-state index contributed by atoms with van der Waals surface area (Å²) in [6, 6.07) is 5.86. The second kappa shape index (κ2) is 9.83. The first kappa shape index (κ1) is 25.3. The molecule has 2 aliphatic rings. The van der Waals surface area contributed by atoms with Gasteiger partial charge in [-0.3, -0.25) is 9.48 Å². The van der Waals surface area contributed by atoms with E-state index >= 15 is 0 Å². The lowest BCUT2D eigenvalue weighted by Gasteiger charge is -2.33. The third-order valence-corrected chi connectivity index (χ3v) is 7.05. The molecule has 3 aromatic rings. The van der Waals surface area contributed by atoms with Gasteiger partial charge in [0.25, 0.3) is 5.91 Å². The molecule has 0 bridgehead atoms. The van der Waals surface area contributed by atoms with E-state index in [1.807, 2.05) is 6.92 Å². The Morgan fingerprint density at radius 2 is 1.95 bits per heavy atom. The summed E-state index contributed by atoms with van der Waals surface area (Å²) in [5.74, 6) is -1.53. The molecule has 12 heteroatoms. The number of cyclic esters (lactones) is 1. The van der Waals surface area contributed by atoms with Crippen LogP contribution in [0.15, 0.2) is 30.3 Å². The quantitative estimate of drug-likeness (QED) is 0.487. The topological polar surface area (TPSA) is 85.7 Å². The molecular weight excluding hydrogens is 529 g/mol. The smallest absolute Gasteiger partial charge is 0.407 e. The van der Waals surface area contributed by atoms with Crippen molar-refractivity contribution in [2.75, 3.05) is 19.7 Å². The summed E-state index contributed by atoms with van der Waals surface area (Å²) in [7, 11) is 1.70. The number of nitrogens with zero attached hydrogens (tertiary/aromatic N) is 3. The number of hydrogen-bond acceptors (Lipinski definition) is 5. The number of ether oxygens (including phenoxy) is 2. The van der Waals surface area contributed by atoms with Crippen LogP contribution >= 0.6 is 23.2 Å². The van der Waals surface area contributed by atoms with Crippen LogP contribution in [0.3, 0.4) is 0 Å². The first-order chi connectivity index (χ1) is 17.6. The fraction of sp³-hybridized carbons (Fsp3) is 0.320. The predicted octanol–water partition coefficient (Wildman–Crippen LogP) is 4.92. The lowest BCUT2D eigenvalue weighted by molar-refractivity contribution is 0.0673. The average Bonchev–Trinajstić information content (AvgIpc) is 3.41. The standard InChI is InChI=1S/C25H22Cl2F2N4O4/c1-12-22-18(23(32(2)31-22)13-5-15(28)9-16(29)6-13)3-4-33(12)24(34)19-7-14(26)8-20(21(19)27)36-11-17-10-30-25(35)37-17/h5-9,12,17H,3-4,10-11H2,1-2H3,(H,30,35)/t12-,17+/m0/s1. The average molecular weight is 551 g/mol. The van der Waals surface area contributed by atoms with Gasteiger partial charge in [-0.05, 0) is 31.5 Å². The molecule has 1 fully saturated rings. The van der Waals surface area contributed by atoms with Crippen molar-refractivity contribution in [3.63, 3.8) is 0 Å². The normalized spacial score (nSPS) is 18.9. The van der Waals surface area contributed by atoms with Gasteiger partial charge in [-0.1, -0.05) is 23.2 Å². The first-order valence-electron chi connectivity index (χ1n) is 11.5. The van der Waals surface area contributed by atoms with Gasteiger partial charge in [-0.25, -0.2) is 13.6 Å². The molecule has 2 aromatic carbocycles. The highest BCUT2D eigenvalue weighted by molar-refractivity contribution is 6.37. The SMILES string of the molecule is C[C@H]1c2nn(C)c(-c3cc(F)cc(F)c3)c2CCN1C(=O)c1cc(Cl)cc(OC[C@H]2CNC(=O)O2)c1Cl. The molecule has 1 N–H and O–H groups in total. The lowest BCUT2D eigenvalue weighted by Crippen LogP contribution is -2.39. The number of alkyl carbamates (subject to hydrolysis) is 1. The van der Waals surface area contributed by atoms with Crippen molar-refractivity contribution in [2.45, 2.75) is 25.5 Å². The summed E-state index contributed by atoms with van der Waals surface area (Å²) < 4.78 is 40.1. The molecule has 37 heavy (non-hydrogen) atoms. The minimum Gasteiger partial charge on any atom is -0.488 e. The Labute approximate surface area is 221 Å². The summed E-state index contributed by atoms with van der Waals surface area (Å²) in [5.41, 5.74) is 2.59. The van der Waals surface area contributed by atoms with Crippen molar-refractivity contribution in [3.05, 3.63) is 68.8 Å². The van der Waals surface area contributed by atoms with E-state index in [2.05, 4.69) is 10.4 Å². The monoisotopic (exact) mass is 550 g/mol. The van der Waals surface area contributed by atoms with Gasteiger partial charge in [0.2, 0.25) is 0 Å². The number of carbonyl (C=O) groups excluding carboxylic acids is 2. The minimum atomic E-state index is -0.679. The van der Waals surface area contributed by atoms with Crippen molar-refractivity contribution >= 4 is 35.2 Å². The molecule has 0 saturated carbocycles. The fourth-order valence-corrected chi connectivity index (χ4v) is 5.21. The summed E-state index contributed by atoms with van der Waals surface area (Å²) in [4.78, 5) is 26.5. The van der Waals surface area contributed by atoms with Gasteiger partial charge in [0.15, 0.2) is 6.10 Å². The minimum absolute atomic E-state index is 0.0350. The zero-order valence-electron chi connectivity index (χ0n) is 19.9. The second-order valence-corrected chi connectivity index (χ2v) is 9.72. The third-order valence-electron chi connectivity index (χ3n) is 6.45. The van der Waals surface area contributed by atoms with Crippen LogP contribution in [0, 0.1) is 11.6 Å². The van der Waals surface area contributed by atoms with Gasteiger partial charge in [0.05, 0.1) is 34.6 Å². The van der Waals surface area contributed by atoms with Crippen LogP contribution in [0.1, 0.15) is 34.6 Å². The molecule has 2 amide bonds. The van der Waals surface area contributed by atoms with Gasteiger partial charge in [0.1, 0.15) is 24.0 Å². The third kappa shape index (κ3) is 4.83. The van der Waals surface area contributed by atoms with E-state index in [1.54, 1.807) is 16.6 Å². The number of hydrogen-bond donors (Lipinski definition) is 1. The largest absolute Gasteiger partial charge is 0.488 e. The molecule has 1 saturated heterocycles. The van der Waals surface area contributed by atoms with Crippen LogP contribution in [0.5, 0.6) is 5.75 Å². The van der Waals surface area contributed by atoms with Gasteiger partial charge >= 0.3 is 6.09 Å². The number of aryl methyl sites for hydroxylation is 1. The van der Waals surface area contributed by atoms with E-state index in [0.29, 0.717) is 36.5 Å². The number of benzene rings is 2. The van der Waals surface area contributed by atoms with E-state index in [1.165, 1.54) is 24.3 Å². The molecule has 3 heterocycles. The van der Waals surface area contributed by atoms with Crippen LogP contribution in [-0.2, 0) is 18.2 Å². The number of aromatic nitrogens is 2. The van der Waals surface area contributed by atoms with Crippen LogP contribution in [-0.4, -0.2) is 52.5 Å². The van der Waals surface area contributed by atoms with Crippen molar-refractivity contribution in [2.24, 2.45) is 7.05 Å². The van der Waals surface area contributed by atoms with Crippen molar-refractivity contribution in [1.82, 2.24) is 20.0 Å². The van der Waals surface area contributed by atoms with E-state index < -0.39 is 29.9 Å².